The Balaban J connectivity index is 0. The molecule has 0 aliphatic rings. The van der Waals surface area contributed by atoms with Gasteiger partial charge in [-0.15, -0.1) is 0 Å². The van der Waals surface area contributed by atoms with Crippen LogP contribution >= 0.6 is 0 Å². The molecular weight excluding hydrogens is 326 g/mol. The molecule has 0 aromatic heterocycles. The Hall–Kier alpha value is -0.0200. The molecular formula is C3H2F5N2NaO5S2. The van der Waals surface area contributed by atoms with E-state index in [1.165, 1.54) is 0 Å². The van der Waals surface area contributed by atoms with Gasteiger partial charge in [0.2, 0.25) is 0 Å². The Labute approximate surface area is 119 Å². The number of carbonyl (C=O) groups is 1. The van der Waals surface area contributed by atoms with Crippen LogP contribution in [0.2, 0.25) is 0 Å². The van der Waals surface area contributed by atoms with E-state index < -0.39 is 36.7 Å². The zero-order valence-corrected chi connectivity index (χ0v) is 11.9. The number of halogens is 5. The van der Waals surface area contributed by atoms with Crippen LogP contribution in [0, 0.1) is 0 Å². The van der Waals surface area contributed by atoms with Gasteiger partial charge in [-0.1, -0.05) is 0 Å². The minimum absolute atomic E-state index is 0. The molecule has 0 aromatic rings. The minimum atomic E-state index is -6.72. The predicted octanol–water partition coefficient (Wildman–Crippen LogP) is -3.38. The van der Waals surface area contributed by atoms with E-state index in [1.807, 2.05) is 0 Å². The number of carbonyl (C=O) groups excluding carboxylic acids is 1. The minimum Gasteiger partial charge on any atom is -0.423 e. The first-order valence-electron chi connectivity index (χ1n) is 3.13. The molecule has 7 nitrogen and oxygen atoms in total. The summed E-state index contributed by atoms with van der Waals surface area (Å²) in [5.41, 5.74) is -2.32. The quantitative estimate of drug-likeness (QED) is 0.426. The maximum Gasteiger partial charge on any atom is 1.00 e. The standard InChI is InChI=1S/C3H2F5N2O5S2.Na/c4-2(5,1(9)11)16(12,13)10-17(14,15)3(6,7)8;/h(H2,9,11);/q-1;+1. The van der Waals surface area contributed by atoms with Gasteiger partial charge in [-0.3, -0.25) is 4.79 Å². The van der Waals surface area contributed by atoms with Crippen LogP contribution in [0.4, 0.5) is 22.0 Å². The molecule has 0 rings (SSSR count). The van der Waals surface area contributed by atoms with Gasteiger partial charge in [0.05, 0.1) is 0 Å². The average molecular weight is 328 g/mol. The molecule has 1 amide bonds. The number of hydrogen-bond donors (Lipinski definition) is 1. The van der Waals surface area contributed by atoms with Gasteiger partial charge in [-0.2, -0.15) is 22.0 Å². The van der Waals surface area contributed by atoms with Crippen molar-refractivity contribution < 1.29 is 73.1 Å². The second kappa shape index (κ2) is 5.54. The first-order chi connectivity index (χ1) is 7.15. The smallest absolute Gasteiger partial charge is 0.423 e. The van der Waals surface area contributed by atoms with Crippen LogP contribution in [0.15, 0.2) is 0 Å². The molecule has 0 heterocycles. The number of nitrogens with zero attached hydrogens (tertiary/aromatic N) is 1. The molecule has 0 aliphatic carbocycles. The summed E-state index contributed by atoms with van der Waals surface area (Å²) in [7, 11) is -13.3. The van der Waals surface area contributed by atoms with Crippen molar-refractivity contribution in [1.29, 1.82) is 0 Å². The molecule has 0 aliphatic heterocycles. The predicted molar refractivity (Wildman–Crippen MR) is 41.4 cm³/mol. The maximum absolute atomic E-state index is 12.5. The second-order valence-corrected chi connectivity index (χ2v) is 5.82. The summed E-state index contributed by atoms with van der Waals surface area (Å²) >= 11 is 0. The molecule has 0 aromatic carbocycles. The van der Waals surface area contributed by atoms with Crippen molar-refractivity contribution >= 4 is 26.0 Å². The zero-order chi connectivity index (χ0) is 14.3. The fourth-order valence-corrected chi connectivity index (χ4v) is 2.35. The number of rotatable bonds is 4. The van der Waals surface area contributed by atoms with Gasteiger partial charge in [-0.25, -0.2) is 16.8 Å². The summed E-state index contributed by atoms with van der Waals surface area (Å²) in [5, 5.41) is -5.56. The van der Waals surface area contributed by atoms with Crippen LogP contribution in [0.3, 0.4) is 0 Å². The number of hydrogen-bond acceptors (Lipinski definition) is 5. The number of nitrogens with two attached hydrogens (primary N) is 1. The Morgan fingerprint density at radius 1 is 0.944 bits per heavy atom. The maximum atomic E-state index is 12.5. The van der Waals surface area contributed by atoms with Crippen molar-refractivity contribution in [1.82, 2.24) is 0 Å². The summed E-state index contributed by atoms with van der Waals surface area (Å²) < 4.78 is 102. The summed E-state index contributed by atoms with van der Waals surface area (Å²) in [5.74, 6) is -2.86. The van der Waals surface area contributed by atoms with Crippen molar-refractivity contribution in [3.63, 3.8) is 0 Å². The molecule has 0 atom stereocenters. The normalized spacial score (nSPS) is 13.8. The molecule has 2 N–H and O–H groups in total. The van der Waals surface area contributed by atoms with E-state index >= 15 is 0 Å². The van der Waals surface area contributed by atoms with Crippen LogP contribution in [-0.4, -0.2) is 33.5 Å². The van der Waals surface area contributed by atoms with Crippen LogP contribution in [0.25, 0.3) is 4.13 Å². The van der Waals surface area contributed by atoms with Gasteiger partial charge in [0.1, 0.15) is 0 Å². The molecule has 102 valence electrons. The second-order valence-electron chi connectivity index (χ2n) is 2.35. The van der Waals surface area contributed by atoms with Gasteiger partial charge in [0.15, 0.2) is 20.0 Å². The number of sulfonamides is 2. The van der Waals surface area contributed by atoms with E-state index in [0.717, 1.165) is 4.13 Å². The summed E-state index contributed by atoms with van der Waals surface area (Å²) in [6, 6.07) is 0. The topological polar surface area (TPSA) is 125 Å². The van der Waals surface area contributed by atoms with Gasteiger partial charge in [0.25, 0.3) is 0 Å². The molecule has 0 fully saturated rings. The molecule has 18 heavy (non-hydrogen) atoms. The number of alkyl halides is 5. The third-order valence-corrected chi connectivity index (χ3v) is 4.10. The molecule has 15 heteroatoms. The number of primary amides is 1. The van der Waals surface area contributed by atoms with Gasteiger partial charge in [-0.05, 0) is 0 Å². The summed E-state index contributed by atoms with van der Waals surface area (Å²) in [6.07, 6.45) is 0. The van der Waals surface area contributed by atoms with Crippen LogP contribution < -0.4 is 35.3 Å². The third-order valence-electron chi connectivity index (χ3n) is 1.10. The van der Waals surface area contributed by atoms with E-state index in [9.17, 15) is 43.6 Å². The average Bonchev–Trinajstić information content (AvgIpc) is 1.98. The molecule has 0 saturated heterocycles. The van der Waals surface area contributed by atoms with E-state index in [0.29, 0.717) is 0 Å². The van der Waals surface area contributed by atoms with E-state index in [1.54, 1.807) is 0 Å². The fraction of sp³-hybridized carbons (Fsp3) is 0.667. The fourth-order valence-electron chi connectivity index (χ4n) is 0.345. The van der Waals surface area contributed by atoms with Crippen molar-refractivity contribution in [2.45, 2.75) is 10.8 Å². The first kappa shape index (κ1) is 20.3. The van der Waals surface area contributed by atoms with Crippen LogP contribution in [0.5, 0.6) is 0 Å². The zero-order valence-electron chi connectivity index (χ0n) is 8.27. The monoisotopic (exact) mass is 328 g/mol. The first-order valence-corrected chi connectivity index (χ1v) is 6.01. The Kier molecular flexibility index (Phi) is 6.25. The van der Waals surface area contributed by atoms with Crippen LogP contribution in [-0.2, 0) is 24.8 Å². The van der Waals surface area contributed by atoms with Crippen molar-refractivity contribution in [3.05, 3.63) is 4.13 Å². The number of amides is 1. The van der Waals surface area contributed by atoms with Gasteiger partial charge in [0, 0.05) is 0 Å². The Bertz CT molecular complexity index is 524. The van der Waals surface area contributed by atoms with Crippen LogP contribution in [0.1, 0.15) is 0 Å². The van der Waals surface area contributed by atoms with Gasteiger partial charge >= 0.3 is 46.2 Å². The molecule has 0 unspecified atom stereocenters. The van der Waals surface area contributed by atoms with E-state index in [2.05, 4.69) is 5.73 Å². The summed E-state index contributed by atoms with van der Waals surface area (Å²) in [4.78, 5) is 9.96. The largest absolute Gasteiger partial charge is 1.00 e. The Morgan fingerprint density at radius 2 is 1.28 bits per heavy atom. The summed E-state index contributed by atoms with van der Waals surface area (Å²) in [6.45, 7) is 0. The van der Waals surface area contributed by atoms with Crippen molar-refractivity contribution in [3.8, 4) is 0 Å². The van der Waals surface area contributed by atoms with Crippen molar-refractivity contribution in [2.75, 3.05) is 0 Å². The van der Waals surface area contributed by atoms with Crippen molar-refractivity contribution in [2.24, 2.45) is 5.73 Å². The Morgan fingerprint density at radius 3 is 1.50 bits per heavy atom. The molecule has 0 saturated carbocycles. The van der Waals surface area contributed by atoms with Gasteiger partial charge < -0.3 is 9.86 Å². The third kappa shape index (κ3) is 3.99. The molecule has 0 bridgehead atoms. The molecule has 0 radical (unpaired) electrons. The van der Waals surface area contributed by atoms with E-state index in [-0.39, 0.29) is 29.6 Å². The SMILES string of the molecule is NC(=O)C(F)(F)S(=O)(=O)[N-]S(=O)(=O)C(F)(F)F.[Na+]. The van der Waals surface area contributed by atoms with E-state index in [4.69, 9.17) is 0 Å². The molecule has 0 spiro atoms.